The third kappa shape index (κ3) is 4.24. The van der Waals surface area contributed by atoms with Gasteiger partial charge >= 0.3 is 12.1 Å². The number of carboxylic acids is 1. The van der Waals surface area contributed by atoms with Gasteiger partial charge in [0.25, 0.3) is 5.91 Å². The molecule has 3 heterocycles. The van der Waals surface area contributed by atoms with E-state index in [2.05, 4.69) is 26.0 Å². The number of rotatable bonds is 4. The minimum Gasteiger partial charge on any atom is -0.480 e. The van der Waals surface area contributed by atoms with Crippen molar-refractivity contribution >= 4 is 78.5 Å². The van der Waals surface area contributed by atoms with Crippen LogP contribution in [0.1, 0.15) is 10.7 Å². The molecule has 0 aliphatic carbocycles. The molecule has 1 saturated heterocycles. The number of imidazole rings is 1. The largest absolute Gasteiger partial charge is 0.480 e. The molecule has 0 bridgehead atoms. The number of hydrogen-bond donors (Lipinski definition) is 1. The van der Waals surface area contributed by atoms with Crippen LogP contribution in [0.5, 0.6) is 0 Å². The number of alkyl halides is 3. The number of fused-ring (bicyclic) bond motifs is 1. The van der Waals surface area contributed by atoms with Crippen LogP contribution < -0.4 is 0 Å². The average molecular weight is 549 g/mol. The van der Waals surface area contributed by atoms with Crippen LogP contribution in [0.4, 0.5) is 13.2 Å². The lowest BCUT2D eigenvalue weighted by molar-refractivity contribution is -0.140. The second-order valence-corrected chi connectivity index (χ2v) is 9.66. The lowest BCUT2D eigenvalue weighted by Gasteiger charge is -2.10. The van der Waals surface area contributed by atoms with Crippen molar-refractivity contribution in [2.45, 2.75) is 6.18 Å². The Balaban J connectivity index is 1.87. The SMILES string of the molecule is O=C(O)CN1C(=O)/C(=C/c2c(-c3ccc(Br)cc3)nc3sc(C(F)(F)F)nn23)SC1=S. The van der Waals surface area contributed by atoms with Gasteiger partial charge in [0.2, 0.25) is 9.97 Å². The second-order valence-electron chi connectivity index (χ2n) is 6.11. The third-order valence-electron chi connectivity index (χ3n) is 4.03. The summed E-state index contributed by atoms with van der Waals surface area (Å²) in [5.41, 5.74) is 1.07. The van der Waals surface area contributed by atoms with Gasteiger partial charge in [-0.25, -0.2) is 9.50 Å². The molecule has 1 aliphatic rings. The van der Waals surface area contributed by atoms with Crippen LogP contribution >= 0.6 is 51.2 Å². The molecule has 14 heteroatoms. The summed E-state index contributed by atoms with van der Waals surface area (Å²) in [4.78, 5) is 28.9. The Hall–Kier alpha value is -2.29. The zero-order valence-electron chi connectivity index (χ0n) is 14.9. The first-order valence-corrected chi connectivity index (χ1v) is 11.1. The molecule has 31 heavy (non-hydrogen) atoms. The number of aromatic nitrogens is 3. The Morgan fingerprint density at radius 3 is 2.58 bits per heavy atom. The van der Waals surface area contributed by atoms with Crippen LogP contribution in [0.25, 0.3) is 22.3 Å². The molecule has 1 amide bonds. The number of carbonyl (C=O) groups excluding carboxylic acids is 1. The van der Waals surface area contributed by atoms with E-state index in [1.807, 2.05) is 0 Å². The van der Waals surface area contributed by atoms with Crippen molar-refractivity contribution in [2.24, 2.45) is 0 Å². The van der Waals surface area contributed by atoms with Crippen molar-refractivity contribution in [3.05, 3.63) is 44.3 Å². The normalized spacial score (nSPS) is 16.1. The number of benzene rings is 1. The molecule has 4 rings (SSSR count). The van der Waals surface area contributed by atoms with E-state index >= 15 is 0 Å². The molecule has 0 spiro atoms. The quantitative estimate of drug-likeness (QED) is 0.378. The van der Waals surface area contributed by atoms with Gasteiger partial charge in [-0.2, -0.15) is 13.2 Å². The molecule has 3 aromatic rings. The maximum absolute atomic E-state index is 13.1. The van der Waals surface area contributed by atoms with E-state index in [4.69, 9.17) is 17.3 Å². The predicted molar refractivity (Wildman–Crippen MR) is 117 cm³/mol. The Kier molecular flexibility index (Phi) is 5.66. The summed E-state index contributed by atoms with van der Waals surface area (Å²) in [6, 6.07) is 6.92. The number of nitrogens with zero attached hydrogens (tertiary/aromatic N) is 4. The molecule has 1 aliphatic heterocycles. The number of carboxylic acid groups (broad SMARTS) is 1. The van der Waals surface area contributed by atoms with Gasteiger partial charge in [-0.15, -0.1) is 5.10 Å². The number of carbonyl (C=O) groups is 2. The van der Waals surface area contributed by atoms with Crippen LogP contribution in [-0.2, 0) is 15.8 Å². The Labute approximate surface area is 193 Å². The molecule has 0 saturated carbocycles. The first-order valence-electron chi connectivity index (χ1n) is 8.24. The number of aliphatic carboxylic acids is 1. The molecule has 0 radical (unpaired) electrons. The van der Waals surface area contributed by atoms with E-state index in [-0.39, 0.29) is 19.9 Å². The maximum atomic E-state index is 13.1. The standard InChI is InChI=1S/C17H8BrF3N4O3S3/c18-8-3-1-7(2-4-8)12-9(25-15(22-12)31-14(23-25)17(19,20)21)5-10-13(28)24(6-11(26)27)16(29)30-10/h1-5H,6H2,(H,26,27)/b10-5-. The minimum atomic E-state index is -4.65. The summed E-state index contributed by atoms with van der Waals surface area (Å²) in [5, 5.41) is 11.5. The van der Waals surface area contributed by atoms with E-state index in [0.717, 1.165) is 25.6 Å². The number of thiocarbonyl (C=S) groups is 1. The highest BCUT2D eigenvalue weighted by atomic mass is 79.9. The smallest absolute Gasteiger partial charge is 0.445 e. The maximum Gasteiger partial charge on any atom is 0.445 e. The topological polar surface area (TPSA) is 87.8 Å². The highest BCUT2D eigenvalue weighted by Crippen LogP contribution is 2.38. The molecule has 1 aromatic carbocycles. The van der Waals surface area contributed by atoms with Gasteiger partial charge < -0.3 is 5.11 Å². The number of halogens is 4. The lowest BCUT2D eigenvalue weighted by Crippen LogP contribution is -2.33. The van der Waals surface area contributed by atoms with Gasteiger partial charge in [-0.05, 0) is 18.2 Å². The van der Waals surface area contributed by atoms with Crippen LogP contribution in [-0.4, -0.2) is 47.3 Å². The molecule has 160 valence electrons. The van der Waals surface area contributed by atoms with Gasteiger partial charge in [0, 0.05) is 10.0 Å². The first kappa shape index (κ1) is 21.9. The van der Waals surface area contributed by atoms with Crippen molar-refractivity contribution < 1.29 is 27.9 Å². The van der Waals surface area contributed by atoms with Gasteiger partial charge in [-0.1, -0.05) is 63.4 Å². The molecular formula is C17H8BrF3N4O3S3. The summed E-state index contributed by atoms with van der Waals surface area (Å²) >= 11 is 9.63. The number of hydrogen-bond acceptors (Lipinski definition) is 7. The Bertz CT molecular complexity index is 1270. The highest BCUT2D eigenvalue weighted by Gasteiger charge is 2.37. The fourth-order valence-corrected chi connectivity index (χ4v) is 4.99. The van der Waals surface area contributed by atoms with Crippen LogP contribution in [0.15, 0.2) is 33.6 Å². The summed E-state index contributed by atoms with van der Waals surface area (Å²) in [5.74, 6) is -1.89. The average Bonchev–Trinajstić information content (AvgIpc) is 3.31. The Morgan fingerprint density at radius 1 is 1.29 bits per heavy atom. The van der Waals surface area contributed by atoms with Crippen molar-refractivity contribution in [1.82, 2.24) is 19.5 Å². The van der Waals surface area contributed by atoms with E-state index in [1.165, 1.54) is 6.08 Å². The van der Waals surface area contributed by atoms with Crippen molar-refractivity contribution in [3.8, 4) is 11.3 Å². The number of thioether (sulfide) groups is 1. The second kappa shape index (κ2) is 8.00. The molecule has 2 aromatic heterocycles. The number of amides is 1. The third-order valence-corrected chi connectivity index (χ3v) is 6.89. The lowest BCUT2D eigenvalue weighted by atomic mass is 10.1. The monoisotopic (exact) mass is 548 g/mol. The van der Waals surface area contributed by atoms with Crippen LogP contribution in [0, 0.1) is 0 Å². The summed E-state index contributed by atoms with van der Waals surface area (Å²) < 4.78 is 41.3. The minimum absolute atomic E-state index is 0.00231. The van der Waals surface area contributed by atoms with Crippen LogP contribution in [0.3, 0.4) is 0 Å². The van der Waals surface area contributed by atoms with E-state index in [0.29, 0.717) is 22.6 Å². The zero-order valence-corrected chi connectivity index (χ0v) is 18.9. The van der Waals surface area contributed by atoms with Gasteiger partial charge in [0.15, 0.2) is 0 Å². The highest BCUT2D eigenvalue weighted by molar-refractivity contribution is 9.10. The summed E-state index contributed by atoms with van der Waals surface area (Å²) in [6.45, 7) is -0.613. The van der Waals surface area contributed by atoms with Crippen molar-refractivity contribution in [2.75, 3.05) is 6.54 Å². The summed E-state index contributed by atoms with van der Waals surface area (Å²) in [7, 11) is 0. The molecule has 7 nitrogen and oxygen atoms in total. The molecule has 0 unspecified atom stereocenters. The molecule has 1 N–H and O–H groups in total. The zero-order chi connectivity index (χ0) is 22.5. The first-order chi connectivity index (χ1) is 14.5. The van der Waals surface area contributed by atoms with Gasteiger partial charge in [0.1, 0.15) is 10.9 Å². The van der Waals surface area contributed by atoms with Gasteiger partial charge in [0.05, 0.1) is 16.3 Å². The van der Waals surface area contributed by atoms with Crippen LogP contribution in [0.2, 0.25) is 0 Å². The molecule has 1 fully saturated rings. The fraction of sp³-hybridized carbons (Fsp3) is 0.118. The van der Waals surface area contributed by atoms with Crippen molar-refractivity contribution in [1.29, 1.82) is 0 Å². The van der Waals surface area contributed by atoms with E-state index < -0.39 is 29.6 Å². The fourth-order valence-electron chi connectivity index (χ4n) is 2.72. The van der Waals surface area contributed by atoms with Gasteiger partial charge in [-0.3, -0.25) is 14.5 Å². The summed E-state index contributed by atoms with van der Waals surface area (Å²) in [6.07, 6.45) is -3.32. The van der Waals surface area contributed by atoms with E-state index in [9.17, 15) is 22.8 Å². The van der Waals surface area contributed by atoms with Crippen molar-refractivity contribution in [3.63, 3.8) is 0 Å². The Morgan fingerprint density at radius 2 is 1.97 bits per heavy atom. The molecular weight excluding hydrogens is 541 g/mol. The molecule has 0 atom stereocenters. The van der Waals surface area contributed by atoms with E-state index in [1.54, 1.807) is 24.3 Å². The predicted octanol–water partition coefficient (Wildman–Crippen LogP) is 4.52.